The maximum atomic E-state index is 10.2. The summed E-state index contributed by atoms with van der Waals surface area (Å²) in [6.07, 6.45) is 5.30. The molecule has 58 valence electrons. The molecule has 3 heteroatoms. The highest BCUT2D eigenvalue weighted by Gasteiger charge is 1.93. The summed E-state index contributed by atoms with van der Waals surface area (Å²) in [4.78, 5) is 10.2. The number of ether oxygens (including phenoxy) is 1. The van der Waals surface area contributed by atoms with Gasteiger partial charge in [0.05, 0.1) is 19.6 Å². The Kier molecular flexibility index (Phi) is 2.49. The Labute approximate surface area is 64.3 Å². The van der Waals surface area contributed by atoms with E-state index in [2.05, 4.69) is 0 Å². The molecule has 1 rings (SSSR count). The first-order valence-corrected chi connectivity index (χ1v) is 3.10. The van der Waals surface area contributed by atoms with Gasteiger partial charge in [0.1, 0.15) is 0 Å². The molecule has 0 aliphatic heterocycles. The topological polar surface area (TPSA) is 39.4 Å². The van der Waals surface area contributed by atoms with Crippen LogP contribution in [0.4, 0.5) is 0 Å². The molecule has 3 nitrogen and oxygen atoms in total. The molecular formula is C8H8O3. The van der Waals surface area contributed by atoms with Crippen LogP contribution in [0, 0.1) is 0 Å². The number of furan rings is 1. The number of hydrogen-bond donors (Lipinski definition) is 0. The van der Waals surface area contributed by atoms with Crippen molar-refractivity contribution in [1.82, 2.24) is 0 Å². The van der Waals surface area contributed by atoms with Gasteiger partial charge in [0.2, 0.25) is 0 Å². The van der Waals surface area contributed by atoms with Crippen LogP contribution in [0.3, 0.4) is 0 Å². The number of methoxy groups -OCH3 is 1. The number of allylic oxidation sites excluding steroid dienone is 1. The molecule has 0 amide bonds. The minimum absolute atomic E-state index is 0.284. The fraction of sp³-hybridized carbons (Fsp3) is 0.125. The molecule has 1 aromatic heterocycles. The van der Waals surface area contributed by atoms with E-state index in [0.717, 1.165) is 5.56 Å². The minimum atomic E-state index is 0.284. The van der Waals surface area contributed by atoms with E-state index in [1.807, 2.05) is 0 Å². The van der Waals surface area contributed by atoms with E-state index in [9.17, 15) is 4.79 Å². The quantitative estimate of drug-likeness (QED) is 0.374. The number of carbonyl (C=O) groups excluding carboxylic acids is 1. The van der Waals surface area contributed by atoms with E-state index >= 15 is 0 Å². The monoisotopic (exact) mass is 152 g/mol. The Bertz CT molecular complexity index is 246. The Morgan fingerprint density at radius 1 is 1.73 bits per heavy atom. The van der Waals surface area contributed by atoms with E-state index in [0.29, 0.717) is 6.29 Å². The predicted molar refractivity (Wildman–Crippen MR) is 39.8 cm³/mol. The molecule has 0 aromatic carbocycles. The smallest absolute Gasteiger partial charge is 0.184 e. The van der Waals surface area contributed by atoms with Crippen molar-refractivity contribution in [2.24, 2.45) is 0 Å². The predicted octanol–water partition coefficient (Wildman–Crippen LogP) is 1.47. The van der Waals surface area contributed by atoms with Gasteiger partial charge in [-0.05, 0) is 12.1 Å². The largest absolute Gasteiger partial charge is 0.493 e. The van der Waals surface area contributed by atoms with Gasteiger partial charge < -0.3 is 9.15 Å². The lowest BCUT2D eigenvalue weighted by molar-refractivity contribution is -0.107. The first kappa shape index (κ1) is 7.60. The van der Waals surface area contributed by atoms with Crippen LogP contribution in [0.5, 0.6) is 0 Å². The molecule has 0 atom stereocenters. The normalized spacial score (nSPS) is 11.2. The lowest BCUT2D eigenvalue weighted by atomic mass is 10.3. The second-order valence-corrected chi connectivity index (χ2v) is 1.93. The third-order valence-electron chi connectivity index (χ3n) is 1.20. The van der Waals surface area contributed by atoms with E-state index in [1.54, 1.807) is 12.1 Å². The van der Waals surface area contributed by atoms with E-state index < -0.39 is 0 Å². The highest BCUT2D eigenvalue weighted by atomic mass is 16.5. The maximum absolute atomic E-state index is 10.2. The third-order valence-corrected chi connectivity index (χ3v) is 1.20. The number of rotatable bonds is 3. The summed E-state index contributed by atoms with van der Waals surface area (Å²) in [5.74, 6) is 0.284. The van der Waals surface area contributed by atoms with E-state index in [4.69, 9.17) is 9.15 Å². The van der Waals surface area contributed by atoms with Crippen molar-refractivity contribution in [3.63, 3.8) is 0 Å². The summed E-state index contributed by atoms with van der Waals surface area (Å²) in [7, 11) is 1.44. The first-order chi connectivity index (χ1) is 5.36. The van der Waals surface area contributed by atoms with Gasteiger partial charge in [-0.15, -0.1) is 0 Å². The van der Waals surface area contributed by atoms with Crippen LogP contribution in [-0.2, 0) is 9.53 Å². The Morgan fingerprint density at radius 3 is 3.00 bits per heavy atom. The average molecular weight is 152 g/mol. The van der Waals surface area contributed by atoms with Gasteiger partial charge in [-0.25, -0.2) is 0 Å². The summed E-state index contributed by atoms with van der Waals surface area (Å²) in [5, 5.41) is 0. The van der Waals surface area contributed by atoms with Crippen molar-refractivity contribution in [1.29, 1.82) is 0 Å². The number of aldehydes is 1. The lowest BCUT2D eigenvalue weighted by Gasteiger charge is -1.93. The summed E-state index contributed by atoms with van der Waals surface area (Å²) < 4.78 is 9.51. The Hall–Kier alpha value is -1.51. The van der Waals surface area contributed by atoms with Gasteiger partial charge in [-0.2, -0.15) is 0 Å². The van der Waals surface area contributed by atoms with Crippen LogP contribution < -0.4 is 0 Å². The van der Waals surface area contributed by atoms with Crippen LogP contribution in [0.1, 0.15) is 5.56 Å². The zero-order chi connectivity index (χ0) is 8.10. The summed E-state index contributed by atoms with van der Waals surface area (Å²) in [6.45, 7) is 0. The summed E-state index contributed by atoms with van der Waals surface area (Å²) in [5.41, 5.74) is 0.814. The fourth-order valence-corrected chi connectivity index (χ4v) is 0.662. The molecule has 1 aromatic rings. The van der Waals surface area contributed by atoms with Crippen LogP contribution in [0.15, 0.2) is 28.8 Å². The van der Waals surface area contributed by atoms with E-state index in [-0.39, 0.29) is 5.76 Å². The molecule has 0 aliphatic carbocycles. The maximum Gasteiger partial charge on any atom is 0.184 e. The Morgan fingerprint density at radius 2 is 2.55 bits per heavy atom. The van der Waals surface area contributed by atoms with Crippen LogP contribution in [0.2, 0.25) is 0 Å². The molecule has 11 heavy (non-hydrogen) atoms. The molecule has 0 saturated heterocycles. The van der Waals surface area contributed by atoms with Gasteiger partial charge in [0, 0.05) is 5.56 Å². The molecular weight excluding hydrogens is 144 g/mol. The summed E-state index contributed by atoms with van der Waals surface area (Å²) in [6, 6.07) is 1.74. The molecule has 0 saturated carbocycles. The van der Waals surface area contributed by atoms with Crippen molar-refractivity contribution in [2.45, 2.75) is 0 Å². The van der Waals surface area contributed by atoms with Crippen molar-refractivity contribution in [3.8, 4) is 0 Å². The Balaban J connectivity index is 2.79. The second-order valence-electron chi connectivity index (χ2n) is 1.93. The minimum Gasteiger partial charge on any atom is -0.493 e. The zero-order valence-corrected chi connectivity index (χ0v) is 6.11. The molecule has 0 aliphatic rings. The highest BCUT2D eigenvalue weighted by Crippen LogP contribution is 2.05. The fourth-order valence-electron chi connectivity index (χ4n) is 0.662. The van der Waals surface area contributed by atoms with Crippen molar-refractivity contribution >= 4 is 12.4 Å². The van der Waals surface area contributed by atoms with Gasteiger partial charge in [-0.3, -0.25) is 4.79 Å². The molecule has 0 fully saturated rings. The van der Waals surface area contributed by atoms with Gasteiger partial charge >= 0.3 is 0 Å². The standard InChI is InChI=1S/C8H8O3/c1-10-8(5-9)4-7-2-3-11-6-7/h2-6H,1H3/b8-4-. The highest BCUT2D eigenvalue weighted by molar-refractivity contribution is 5.78. The molecule has 0 radical (unpaired) electrons. The second kappa shape index (κ2) is 3.61. The van der Waals surface area contributed by atoms with E-state index in [1.165, 1.54) is 19.6 Å². The molecule has 0 spiro atoms. The van der Waals surface area contributed by atoms with Crippen molar-refractivity contribution in [3.05, 3.63) is 29.9 Å². The number of hydrogen-bond acceptors (Lipinski definition) is 3. The lowest BCUT2D eigenvalue weighted by Crippen LogP contribution is -1.85. The molecule has 0 bridgehead atoms. The van der Waals surface area contributed by atoms with Crippen LogP contribution >= 0.6 is 0 Å². The van der Waals surface area contributed by atoms with Crippen LogP contribution in [-0.4, -0.2) is 13.4 Å². The SMILES string of the molecule is CO/C(C=O)=C\c1ccoc1. The van der Waals surface area contributed by atoms with Gasteiger partial charge in [-0.1, -0.05) is 0 Å². The third kappa shape index (κ3) is 1.97. The molecule has 1 heterocycles. The van der Waals surface area contributed by atoms with Crippen LogP contribution in [0.25, 0.3) is 6.08 Å². The van der Waals surface area contributed by atoms with Crippen molar-refractivity contribution < 1.29 is 13.9 Å². The van der Waals surface area contributed by atoms with Crippen molar-refractivity contribution in [2.75, 3.05) is 7.11 Å². The average Bonchev–Trinajstić information content (AvgIpc) is 2.52. The van der Waals surface area contributed by atoms with Gasteiger partial charge in [0.15, 0.2) is 12.0 Å². The molecule has 0 N–H and O–H groups in total. The van der Waals surface area contributed by atoms with Gasteiger partial charge in [0.25, 0.3) is 0 Å². The summed E-state index contributed by atoms with van der Waals surface area (Å²) >= 11 is 0. The first-order valence-electron chi connectivity index (χ1n) is 3.10. The number of carbonyl (C=O) groups is 1. The zero-order valence-electron chi connectivity index (χ0n) is 6.11. The molecule has 0 unspecified atom stereocenters.